The predicted molar refractivity (Wildman–Crippen MR) is 131 cm³/mol. The van der Waals surface area contributed by atoms with Crippen LogP contribution in [0.1, 0.15) is 17.8 Å². The Morgan fingerprint density at radius 1 is 0.857 bits per heavy atom. The highest BCUT2D eigenvalue weighted by atomic mass is 32.2. The Bertz CT molecular complexity index is 1450. The SMILES string of the molecule is Cc1cc(C)n(-c2ccc(Nc3ccc(NS(=O)(=O)c4ccc5c(c4)OCCCO5)cc3)nn2)n1. The number of hydrogen-bond acceptors (Lipinski definition) is 8. The largest absolute Gasteiger partial charge is 0.490 e. The van der Waals surface area contributed by atoms with Crippen LogP contribution in [0.4, 0.5) is 17.2 Å². The second kappa shape index (κ2) is 9.26. The van der Waals surface area contributed by atoms with Crippen LogP contribution in [0.3, 0.4) is 0 Å². The number of sulfonamides is 1. The summed E-state index contributed by atoms with van der Waals surface area (Å²) in [6, 6.07) is 17.0. The van der Waals surface area contributed by atoms with Crippen molar-refractivity contribution in [3.8, 4) is 17.3 Å². The van der Waals surface area contributed by atoms with Crippen LogP contribution >= 0.6 is 0 Å². The van der Waals surface area contributed by atoms with Crippen molar-refractivity contribution < 1.29 is 17.9 Å². The first-order valence-electron chi connectivity index (χ1n) is 11.0. The predicted octanol–water partition coefficient (Wildman–Crippen LogP) is 3.98. The van der Waals surface area contributed by atoms with Crippen LogP contribution in [0.15, 0.2) is 65.6 Å². The Kier molecular flexibility index (Phi) is 6.00. The minimum atomic E-state index is -3.80. The second-order valence-electron chi connectivity index (χ2n) is 8.08. The first-order chi connectivity index (χ1) is 16.9. The van der Waals surface area contributed by atoms with Gasteiger partial charge in [-0.1, -0.05) is 0 Å². The van der Waals surface area contributed by atoms with E-state index in [9.17, 15) is 8.42 Å². The van der Waals surface area contributed by atoms with Crippen molar-refractivity contribution in [2.24, 2.45) is 0 Å². The molecule has 0 atom stereocenters. The maximum atomic E-state index is 12.9. The highest BCUT2D eigenvalue weighted by Crippen LogP contribution is 2.32. The van der Waals surface area contributed by atoms with Gasteiger partial charge in [0.25, 0.3) is 10.0 Å². The lowest BCUT2D eigenvalue weighted by molar-refractivity contribution is 0.297. The summed E-state index contributed by atoms with van der Waals surface area (Å²) in [4.78, 5) is 0.0990. The van der Waals surface area contributed by atoms with Gasteiger partial charge in [-0.25, -0.2) is 13.1 Å². The van der Waals surface area contributed by atoms with Crippen LogP contribution in [0.5, 0.6) is 11.5 Å². The standard InChI is InChI=1S/C24H24N6O4S/c1-16-14-17(2)30(28-16)24-11-10-23(26-27-24)25-18-4-6-19(7-5-18)29-35(31,32)20-8-9-21-22(15-20)34-13-3-12-33-21/h4-11,14-15,29H,3,12-13H2,1-2H3,(H,25,26). The topological polar surface area (TPSA) is 120 Å². The van der Waals surface area contributed by atoms with E-state index in [4.69, 9.17) is 9.47 Å². The summed E-state index contributed by atoms with van der Waals surface area (Å²) in [6.45, 7) is 4.90. The summed E-state index contributed by atoms with van der Waals surface area (Å²) in [5.41, 5.74) is 3.04. The first kappa shape index (κ1) is 22.7. The summed E-state index contributed by atoms with van der Waals surface area (Å²) < 4.78 is 41.2. The van der Waals surface area contributed by atoms with Crippen LogP contribution < -0.4 is 19.5 Å². The molecule has 0 unspecified atom stereocenters. The van der Waals surface area contributed by atoms with Crippen molar-refractivity contribution >= 4 is 27.2 Å². The molecule has 3 heterocycles. The molecule has 2 aromatic carbocycles. The molecule has 1 aliphatic heterocycles. The van der Waals surface area contributed by atoms with E-state index in [1.807, 2.05) is 26.0 Å². The van der Waals surface area contributed by atoms with Gasteiger partial charge >= 0.3 is 0 Å². The molecule has 0 amide bonds. The molecule has 180 valence electrons. The number of aryl methyl sites for hydroxylation is 2. The fraction of sp³-hybridized carbons (Fsp3) is 0.208. The number of hydrogen-bond donors (Lipinski definition) is 2. The molecule has 0 aliphatic carbocycles. The van der Waals surface area contributed by atoms with Gasteiger partial charge < -0.3 is 14.8 Å². The summed E-state index contributed by atoms with van der Waals surface area (Å²) in [6.07, 6.45) is 0.745. The van der Waals surface area contributed by atoms with Gasteiger partial charge in [0.15, 0.2) is 23.1 Å². The van der Waals surface area contributed by atoms with Gasteiger partial charge in [0.1, 0.15) is 0 Å². The molecule has 2 aromatic heterocycles. The van der Waals surface area contributed by atoms with Crippen LogP contribution in [-0.4, -0.2) is 41.6 Å². The molecule has 0 radical (unpaired) electrons. The number of fused-ring (bicyclic) bond motifs is 1. The Hall–Kier alpha value is -4.12. The van der Waals surface area contributed by atoms with E-state index in [1.54, 1.807) is 41.1 Å². The molecule has 1 aliphatic rings. The van der Waals surface area contributed by atoms with Gasteiger partial charge in [-0.05, 0) is 68.4 Å². The molecule has 0 saturated heterocycles. The molecule has 0 bridgehead atoms. The number of rotatable bonds is 6. The Balaban J connectivity index is 1.26. The van der Waals surface area contributed by atoms with Crippen molar-refractivity contribution in [2.45, 2.75) is 25.2 Å². The van der Waals surface area contributed by atoms with Gasteiger partial charge in [0, 0.05) is 29.6 Å². The molecule has 0 fully saturated rings. The lowest BCUT2D eigenvalue weighted by atomic mass is 10.3. The van der Waals surface area contributed by atoms with Crippen LogP contribution in [0.2, 0.25) is 0 Å². The Morgan fingerprint density at radius 3 is 2.29 bits per heavy atom. The van der Waals surface area contributed by atoms with Crippen LogP contribution in [-0.2, 0) is 10.0 Å². The van der Waals surface area contributed by atoms with E-state index in [0.717, 1.165) is 23.5 Å². The highest BCUT2D eigenvalue weighted by Gasteiger charge is 2.19. The molecule has 0 spiro atoms. The fourth-order valence-electron chi connectivity index (χ4n) is 3.66. The van der Waals surface area contributed by atoms with Crippen LogP contribution in [0.25, 0.3) is 5.82 Å². The van der Waals surface area contributed by atoms with Gasteiger partial charge in [0.2, 0.25) is 0 Å². The Morgan fingerprint density at radius 2 is 1.60 bits per heavy atom. The molecule has 10 nitrogen and oxygen atoms in total. The zero-order chi connectivity index (χ0) is 24.4. The van der Waals surface area contributed by atoms with Crippen molar-refractivity contribution in [1.82, 2.24) is 20.0 Å². The van der Waals surface area contributed by atoms with Gasteiger partial charge in [0.05, 0.1) is 23.8 Å². The molecule has 5 rings (SSSR count). The zero-order valence-corrected chi connectivity index (χ0v) is 20.0. The number of nitrogens with zero attached hydrogens (tertiary/aromatic N) is 4. The van der Waals surface area contributed by atoms with E-state index in [2.05, 4.69) is 25.3 Å². The lowest BCUT2D eigenvalue weighted by Crippen LogP contribution is -2.13. The number of nitrogens with one attached hydrogen (secondary N) is 2. The van der Waals surface area contributed by atoms with Gasteiger partial charge in [-0.2, -0.15) is 5.10 Å². The number of benzene rings is 2. The maximum absolute atomic E-state index is 12.9. The molecule has 0 saturated carbocycles. The number of aromatic nitrogens is 4. The molecule has 35 heavy (non-hydrogen) atoms. The van der Waals surface area contributed by atoms with Crippen molar-refractivity contribution in [3.05, 3.63) is 72.1 Å². The minimum Gasteiger partial charge on any atom is -0.490 e. The van der Waals surface area contributed by atoms with Crippen molar-refractivity contribution in [2.75, 3.05) is 23.3 Å². The Labute approximate surface area is 203 Å². The molecule has 4 aromatic rings. The molecular formula is C24H24N6O4S. The summed E-state index contributed by atoms with van der Waals surface area (Å²) in [7, 11) is -3.80. The molecular weight excluding hydrogens is 468 g/mol. The summed E-state index contributed by atoms with van der Waals surface area (Å²) >= 11 is 0. The van der Waals surface area contributed by atoms with E-state index in [1.165, 1.54) is 12.1 Å². The highest BCUT2D eigenvalue weighted by molar-refractivity contribution is 7.92. The normalized spacial score (nSPS) is 13.2. The van der Waals surface area contributed by atoms with E-state index < -0.39 is 10.0 Å². The fourth-order valence-corrected chi connectivity index (χ4v) is 4.73. The summed E-state index contributed by atoms with van der Waals surface area (Å²) in [5, 5.41) is 16.0. The molecule has 2 N–H and O–H groups in total. The maximum Gasteiger partial charge on any atom is 0.262 e. The lowest BCUT2D eigenvalue weighted by Gasteiger charge is -2.12. The zero-order valence-electron chi connectivity index (χ0n) is 19.2. The minimum absolute atomic E-state index is 0.0990. The quantitative estimate of drug-likeness (QED) is 0.415. The smallest absolute Gasteiger partial charge is 0.262 e. The molecule has 11 heteroatoms. The van der Waals surface area contributed by atoms with Crippen LogP contribution in [0, 0.1) is 13.8 Å². The van der Waals surface area contributed by atoms with E-state index in [0.29, 0.717) is 42.0 Å². The first-order valence-corrected chi connectivity index (χ1v) is 12.5. The van der Waals surface area contributed by atoms with Crippen molar-refractivity contribution in [3.63, 3.8) is 0 Å². The van der Waals surface area contributed by atoms with Gasteiger partial charge in [-0.15, -0.1) is 10.2 Å². The van der Waals surface area contributed by atoms with Gasteiger partial charge in [-0.3, -0.25) is 4.72 Å². The number of ether oxygens (including phenoxy) is 2. The number of anilines is 3. The second-order valence-corrected chi connectivity index (χ2v) is 9.76. The average Bonchev–Trinajstić information content (AvgIpc) is 3.03. The summed E-state index contributed by atoms with van der Waals surface area (Å²) in [5.74, 6) is 2.15. The van der Waals surface area contributed by atoms with E-state index >= 15 is 0 Å². The third-order valence-corrected chi connectivity index (χ3v) is 6.69. The average molecular weight is 493 g/mol. The van der Waals surface area contributed by atoms with E-state index in [-0.39, 0.29) is 4.90 Å². The monoisotopic (exact) mass is 492 g/mol. The third kappa shape index (κ3) is 5.04. The van der Waals surface area contributed by atoms with Crippen molar-refractivity contribution in [1.29, 1.82) is 0 Å². The third-order valence-electron chi connectivity index (χ3n) is 5.32.